The van der Waals surface area contributed by atoms with Gasteiger partial charge in [-0.1, -0.05) is 6.08 Å². The van der Waals surface area contributed by atoms with Gasteiger partial charge in [-0.25, -0.2) is 4.79 Å². The topological polar surface area (TPSA) is 79.3 Å². The first kappa shape index (κ1) is 15.8. The predicted octanol–water partition coefficient (Wildman–Crippen LogP) is 0.416. The summed E-state index contributed by atoms with van der Waals surface area (Å²) in [5, 5.41) is 9.16. The molecule has 21 heavy (non-hydrogen) atoms. The molecule has 2 amide bonds. The van der Waals surface area contributed by atoms with Gasteiger partial charge in [0.15, 0.2) is 0 Å². The van der Waals surface area contributed by atoms with E-state index in [0.29, 0.717) is 19.7 Å². The lowest BCUT2D eigenvalue weighted by Crippen LogP contribution is -2.50. The summed E-state index contributed by atoms with van der Waals surface area (Å²) >= 11 is 0. The van der Waals surface area contributed by atoms with E-state index in [1.807, 2.05) is 6.08 Å². The van der Waals surface area contributed by atoms with Crippen LogP contribution in [0.4, 0.5) is 4.79 Å². The molecule has 1 fully saturated rings. The minimum atomic E-state index is -0.918. The molecule has 0 saturated carbocycles. The van der Waals surface area contributed by atoms with E-state index < -0.39 is 17.9 Å². The van der Waals surface area contributed by atoms with Crippen molar-refractivity contribution in [3.05, 3.63) is 11.6 Å². The van der Waals surface area contributed by atoms with Crippen LogP contribution in [0.25, 0.3) is 0 Å². The van der Waals surface area contributed by atoms with Crippen molar-refractivity contribution in [2.45, 2.75) is 12.5 Å². The summed E-state index contributed by atoms with van der Waals surface area (Å²) in [7, 11) is 3.30. The van der Waals surface area contributed by atoms with Crippen LogP contribution >= 0.6 is 0 Å². The fraction of sp³-hybridized carbons (Fsp3) is 0.714. The van der Waals surface area contributed by atoms with E-state index >= 15 is 0 Å². The summed E-state index contributed by atoms with van der Waals surface area (Å²) < 4.78 is 10.3. The molecule has 7 nitrogen and oxygen atoms in total. The Labute approximate surface area is 124 Å². The first-order valence-corrected chi connectivity index (χ1v) is 7.03. The molecular weight excluding hydrogens is 276 g/mol. The molecule has 2 heterocycles. The number of amides is 2. The minimum absolute atomic E-state index is 0.149. The van der Waals surface area contributed by atoms with E-state index in [1.54, 1.807) is 19.1 Å². The molecule has 0 aromatic heterocycles. The predicted molar refractivity (Wildman–Crippen MR) is 75.0 cm³/mol. The summed E-state index contributed by atoms with van der Waals surface area (Å²) in [4.78, 5) is 26.9. The molecule has 0 radical (unpaired) electrons. The van der Waals surface area contributed by atoms with E-state index in [4.69, 9.17) is 14.6 Å². The number of likely N-dealkylation sites (N-methyl/N-ethyl adjacent to an activating group) is 1. The van der Waals surface area contributed by atoms with Gasteiger partial charge in [-0.05, 0) is 12.0 Å². The van der Waals surface area contributed by atoms with Gasteiger partial charge in [-0.15, -0.1) is 0 Å². The maximum Gasteiger partial charge on any atom is 0.320 e. The van der Waals surface area contributed by atoms with Crippen LogP contribution in [0.5, 0.6) is 0 Å². The SMILES string of the molecule is COCC1=CCN(C(=O)N(C)C2COCC2C(=O)O)CC1. The number of urea groups is 1. The summed E-state index contributed by atoms with van der Waals surface area (Å²) in [5.41, 5.74) is 1.19. The number of carboxylic acid groups (broad SMARTS) is 1. The van der Waals surface area contributed by atoms with Gasteiger partial charge in [0, 0.05) is 27.2 Å². The average Bonchev–Trinajstić information content (AvgIpc) is 2.96. The highest BCUT2D eigenvalue weighted by Crippen LogP contribution is 2.21. The molecule has 0 aromatic rings. The van der Waals surface area contributed by atoms with E-state index in [9.17, 15) is 9.59 Å². The summed E-state index contributed by atoms with van der Waals surface area (Å²) in [5.74, 6) is -1.57. The maximum atomic E-state index is 12.5. The molecule has 2 aliphatic rings. The number of aliphatic carboxylic acids is 1. The molecule has 1 N–H and O–H groups in total. The largest absolute Gasteiger partial charge is 0.481 e. The molecule has 2 unspecified atom stereocenters. The van der Waals surface area contributed by atoms with E-state index in [-0.39, 0.29) is 19.2 Å². The standard InChI is InChI=1S/C14H22N2O5/c1-15(12-9-21-8-11(12)13(17)18)14(19)16-5-3-10(4-6-16)7-20-2/h3,11-12H,4-9H2,1-2H3,(H,17,18). The highest BCUT2D eigenvalue weighted by atomic mass is 16.5. The first-order valence-electron chi connectivity index (χ1n) is 7.03. The van der Waals surface area contributed by atoms with Gasteiger partial charge < -0.3 is 24.4 Å². The Morgan fingerprint density at radius 3 is 2.86 bits per heavy atom. The van der Waals surface area contributed by atoms with Crippen molar-refractivity contribution in [1.29, 1.82) is 0 Å². The van der Waals surface area contributed by atoms with Crippen molar-refractivity contribution in [3.8, 4) is 0 Å². The lowest BCUT2D eigenvalue weighted by Gasteiger charge is -2.34. The molecular formula is C14H22N2O5. The third-order valence-electron chi connectivity index (χ3n) is 4.07. The van der Waals surface area contributed by atoms with Crippen LogP contribution in [0.3, 0.4) is 0 Å². The number of carbonyl (C=O) groups excluding carboxylic acids is 1. The highest BCUT2D eigenvalue weighted by molar-refractivity contribution is 5.77. The molecule has 2 aliphatic heterocycles. The second kappa shape index (κ2) is 6.91. The Morgan fingerprint density at radius 2 is 2.29 bits per heavy atom. The molecule has 2 atom stereocenters. The van der Waals surface area contributed by atoms with E-state index in [0.717, 1.165) is 6.42 Å². The number of carboxylic acids is 1. The van der Waals surface area contributed by atoms with Crippen LogP contribution in [0, 0.1) is 5.92 Å². The lowest BCUT2D eigenvalue weighted by atomic mass is 10.0. The monoisotopic (exact) mass is 298 g/mol. The normalized spacial score (nSPS) is 25.6. The van der Waals surface area contributed by atoms with E-state index in [1.165, 1.54) is 10.5 Å². The van der Waals surface area contributed by atoms with Crippen molar-refractivity contribution in [2.24, 2.45) is 5.92 Å². The number of hydrogen-bond donors (Lipinski definition) is 1. The fourth-order valence-corrected chi connectivity index (χ4v) is 2.73. The van der Waals surface area contributed by atoms with Crippen LogP contribution in [0.15, 0.2) is 11.6 Å². The summed E-state index contributed by atoms with van der Waals surface area (Å²) in [6.07, 6.45) is 2.79. The van der Waals surface area contributed by atoms with Gasteiger partial charge in [-0.3, -0.25) is 4.79 Å². The van der Waals surface area contributed by atoms with Crippen LogP contribution in [0.2, 0.25) is 0 Å². The zero-order chi connectivity index (χ0) is 15.4. The Morgan fingerprint density at radius 1 is 1.52 bits per heavy atom. The number of rotatable bonds is 4. The molecule has 118 valence electrons. The number of carbonyl (C=O) groups is 2. The smallest absolute Gasteiger partial charge is 0.320 e. The second-order valence-electron chi connectivity index (χ2n) is 5.43. The van der Waals surface area contributed by atoms with Crippen LogP contribution < -0.4 is 0 Å². The van der Waals surface area contributed by atoms with Crippen molar-refractivity contribution < 1.29 is 24.2 Å². The zero-order valence-electron chi connectivity index (χ0n) is 12.4. The lowest BCUT2D eigenvalue weighted by molar-refractivity contribution is -0.142. The maximum absolute atomic E-state index is 12.5. The molecule has 0 aliphatic carbocycles. The Kier molecular flexibility index (Phi) is 5.19. The summed E-state index contributed by atoms with van der Waals surface area (Å²) in [6, 6.07) is -0.552. The third kappa shape index (κ3) is 3.54. The number of nitrogens with zero attached hydrogens (tertiary/aromatic N) is 2. The average molecular weight is 298 g/mol. The Balaban J connectivity index is 1.95. The Hall–Kier alpha value is -1.60. The molecule has 0 spiro atoms. The van der Waals surface area contributed by atoms with Crippen LogP contribution in [0.1, 0.15) is 6.42 Å². The number of hydrogen-bond acceptors (Lipinski definition) is 4. The van der Waals surface area contributed by atoms with Gasteiger partial charge in [0.05, 0.1) is 25.9 Å². The molecule has 0 aromatic carbocycles. The van der Waals surface area contributed by atoms with Crippen molar-refractivity contribution in [1.82, 2.24) is 9.80 Å². The van der Waals surface area contributed by atoms with Crippen LogP contribution in [-0.4, -0.2) is 80.0 Å². The minimum Gasteiger partial charge on any atom is -0.481 e. The first-order chi connectivity index (χ1) is 10.0. The summed E-state index contributed by atoms with van der Waals surface area (Å²) in [6.45, 7) is 2.19. The van der Waals surface area contributed by atoms with Gasteiger partial charge in [0.1, 0.15) is 5.92 Å². The third-order valence-corrected chi connectivity index (χ3v) is 4.07. The van der Waals surface area contributed by atoms with Crippen molar-refractivity contribution in [3.63, 3.8) is 0 Å². The van der Waals surface area contributed by atoms with Gasteiger partial charge >= 0.3 is 12.0 Å². The zero-order valence-corrected chi connectivity index (χ0v) is 12.4. The van der Waals surface area contributed by atoms with Gasteiger partial charge in [-0.2, -0.15) is 0 Å². The fourth-order valence-electron chi connectivity index (χ4n) is 2.73. The molecule has 1 saturated heterocycles. The molecule has 7 heteroatoms. The number of methoxy groups -OCH3 is 1. The molecule has 0 bridgehead atoms. The van der Waals surface area contributed by atoms with Gasteiger partial charge in [0.2, 0.25) is 0 Å². The Bertz CT molecular complexity index is 437. The molecule has 2 rings (SSSR count). The number of ether oxygens (including phenoxy) is 2. The van der Waals surface area contributed by atoms with Gasteiger partial charge in [0.25, 0.3) is 0 Å². The van der Waals surface area contributed by atoms with E-state index in [2.05, 4.69) is 0 Å². The van der Waals surface area contributed by atoms with Crippen molar-refractivity contribution in [2.75, 3.05) is 47.1 Å². The second-order valence-corrected chi connectivity index (χ2v) is 5.43. The highest BCUT2D eigenvalue weighted by Gasteiger charge is 2.39. The van der Waals surface area contributed by atoms with Crippen LogP contribution in [-0.2, 0) is 14.3 Å². The van der Waals surface area contributed by atoms with Crippen molar-refractivity contribution >= 4 is 12.0 Å². The quantitative estimate of drug-likeness (QED) is 0.761.